The summed E-state index contributed by atoms with van der Waals surface area (Å²) < 4.78 is 23.5. The predicted molar refractivity (Wildman–Crippen MR) is 97.0 cm³/mol. The van der Waals surface area contributed by atoms with Gasteiger partial charge in [-0.3, -0.25) is 0 Å². The molecular formula is C21H18O2S. The third-order valence-electron chi connectivity index (χ3n) is 5.08. The van der Waals surface area contributed by atoms with Crippen LogP contribution in [0.2, 0.25) is 0 Å². The molecular weight excluding hydrogens is 316 g/mol. The molecule has 0 aliphatic heterocycles. The molecule has 0 amide bonds. The van der Waals surface area contributed by atoms with Crippen LogP contribution in [-0.2, 0) is 15.3 Å². The molecule has 1 aliphatic rings. The van der Waals surface area contributed by atoms with Gasteiger partial charge in [0.15, 0.2) is 9.84 Å². The lowest BCUT2D eigenvalue weighted by Crippen LogP contribution is -2.22. The van der Waals surface area contributed by atoms with Crippen LogP contribution in [0, 0.1) is 0 Å². The molecule has 0 radical (unpaired) electrons. The Morgan fingerprint density at radius 2 is 1.17 bits per heavy atom. The molecule has 3 aromatic rings. The molecule has 0 saturated heterocycles. The fourth-order valence-electron chi connectivity index (χ4n) is 3.80. The van der Waals surface area contributed by atoms with E-state index in [1.54, 1.807) is 12.1 Å². The summed E-state index contributed by atoms with van der Waals surface area (Å²) in [5.41, 5.74) is 5.86. The molecule has 4 rings (SSSR count). The summed E-state index contributed by atoms with van der Waals surface area (Å²) in [4.78, 5) is 0.356. The smallest absolute Gasteiger partial charge is 0.175 e. The van der Waals surface area contributed by atoms with Gasteiger partial charge in [-0.25, -0.2) is 8.42 Å². The van der Waals surface area contributed by atoms with Gasteiger partial charge in [-0.2, -0.15) is 0 Å². The molecule has 24 heavy (non-hydrogen) atoms. The summed E-state index contributed by atoms with van der Waals surface area (Å²) >= 11 is 0. The minimum Gasteiger partial charge on any atom is -0.224 e. The van der Waals surface area contributed by atoms with Gasteiger partial charge in [0.25, 0.3) is 0 Å². The van der Waals surface area contributed by atoms with Crippen LogP contribution in [0.5, 0.6) is 0 Å². The van der Waals surface area contributed by atoms with Gasteiger partial charge in [-0.15, -0.1) is 0 Å². The third kappa shape index (κ3) is 2.05. The van der Waals surface area contributed by atoms with Gasteiger partial charge in [-0.05, 0) is 46.9 Å². The standard InChI is InChI=1S/C21H18O2S/c1-21(15-11-13-16(14-12-15)24(2,22)23)19-9-5-3-7-17(19)18-8-4-6-10-20(18)21/h3-14H,1-2H3. The minimum absolute atomic E-state index is 0.275. The van der Waals surface area contributed by atoms with E-state index in [2.05, 4.69) is 55.5 Å². The van der Waals surface area contributed by atoms with Crippen LogP contribution in [0.3, 0.4) is 0 Å². The van der Waals surface area contributed by atoms with Crippen molar-refractivity contribution in [1.82, 2.24) is 0 Å². The van der Waals surface area contributed by atoms with E-state index in [-0.39, 0.29) is 5.41 Å². The lowest BCUT2D eigenvalue weighted by molar-refractivity contribution is 0.601. The van der Waals surface area contributed by atoms with E-state index in [9.17, 15) is 8.42 Å². The summed E-state index contributed by atoms with van der Waals surface area (Å²) in [6.07, 6.45) is 1.24. The SMILES string of the molecule is CC1(c2ccc(S(C)(=O)=O)cc2)c2ccccc2-c2ccccc21. The summed E-state index contributed by atoms with van der Waals surface area (Å²) in [6.45, 7) is 2.22. The van der Waals surface area contributed by atoms with E-state index >= 15 is 0 Å². The lowest BCUT2D eigenvalue weighted by atomic mass is 9.74. The zero-order chi connectivity index (χ0) is 16.9. The molecule has 0 spiro atoms. The normalized spacial score (nSPS) is 14.9. The summed E-state index contributed by atoms with van der Waals surface area (Å²) in [7, 11) is -3.18. The maximum absolute atomic E-state index is 11.7. The molecule has 0 N–H and O–H groups in total. The Morgan fingerprint density at radius 1 is 0.708 bits per heavy atom. The first-order valence-corrected chi connectivity index (χ1v) is 9.81. The average molecular weight is 334 g/mol. The molecule has 2 nitrogen and oxygen atoms in total. The number of sulfone groups is 1. The molecule has 0 saturated carbocycles. The van der Waals surface area contributed by atoms with Crippen LogP contribution in [0.25, 0.3) is 11.1 Å². The van der Waals surface area contributed by atoms with E-state index in [4.69, 9.17) is 0 Å². The van der Waals surface area contributed by atoms with Gasteiger partial charge in [0.2, 0.25) is 0 Å². The molecule has 3 heteroatoms. The molecule has 0 aromatic heterocycles. The van der Waals surface area contributed by atoms with E-state index in [1.807, 2.05) is 12.1 Å². The van der Waals surface area contributed by atoms with Crippen molar-refractivity contribution in [3.8, 4) is 11.1 Å². The predicted octanol–water partition coefficient (Wildman–Crippen LogP) is 4.42. The Morgan fingerprint density at radius 3 is 1.62 bits per heavy atom. The summed E-state index contributed by atoms with van der Waals surface area (Å²) in [6, 6.07) is 24.2. The van der Waals surface area contributed by atoms with Crippen LogP contribution < -0.4 is 0 Å². The number of hydrogen-bond acceptors (Lipinski definition) is 2. The first-order valence-electron chi connectivity index (χ1n) is 7.92. The molecule has 0 fully saturated rings. The van der Waals surface area contributed by atoms with Crippen LogP contribution in [0.15, 0.2) is 77.7 Å². The Labute approximate surface area is 142 Å². The van der Waals surface area contributed by atoms with Crippen LogP contribution >= 0.6 is 0 Å². The number of rotatable bonds is 2. The molecule has 0 heterocycles. The monoisotopic (exact) mass is 334 g/mol. The average Bonchev–Trinajstić information content (AvgIpc) is 2.86. The topological polar surface area (TPSA) is 34.1 Å². The zero-order valence-electron chi connectivity index (χ0n) is 13.7. The molecule has 120 valence electrons. The first-order chi connectivity index (χ1) is 11.4. The third-order valence-corrected chi connectivity index (χ3v) is 6.21. The number of benzene rings is 3. The van der Waals surface area contributed by atoms with Crippen molar-refractivity contribution >= 4 is 9.84 Å². The van der Waals surface area contributed by atoms with E-state index in [0.29, 0.717) is 4.90 Å². The van der Waals surface area contributed by atoms with Crippen molar-refractivity contribution in [3.63, 3.8) is 0 Å². The largest absolute Gasteiger partial charge is 0.224 e. The fraction of sp³-hybridized carbons (Fsp3) is 0.143. The molecule has 0 unspecified atom stereocenters. The van der Waals surface area contributed by atoms with E-state index in [0.717, 1.165) is 5.56 Å². The van der Waals surface area contributed by atoms with E-state index < -0.39 is 9.84 Å². The first kappa shape index (κ1) is 15.2. The van der Waals surface area contributed by atoms with E-state index in [1.165, 1.54) is 28.5 Å². The van der Waals surface area contributed by atoms with Crippen molar-refractivity contribution in [2.75, 3.05) is 6.26 Å². The summed E-state index contributed by atoms with van der Waals surface area (Å²) in [5, 5.41) is 0. The van der Waals surface area contributed by atoms with Gasteiger partial charge < -0.3 is 0 Å². The molecule has 0 bridgehead atoms. The maximum Gasteiger partial charge on any atom is 0.175 e. The Kier molecular flexibility index (Phi) is 3.19. The highest BCUT2D eigenvalue weighted by atomic mass is 32.2. The van der Waals surface area contributed by atoms with Crippen LogP contribution in [0.1, 0.15) is 23.6 Å². The minimum atomic E-state index is -3.18. The van der Waals surface area contributed by atoms with Gasteiger partial charge in [0.05, 0.1) is 4.90 Å². The molecule has 0 atom stereocenters. The highest BCUT2D eigenvalue weighted by Gasteiger charge is 2.40. The van der Waals surface area contributed by atoms with Gasteiger partial charge in [0, 0.05) is 11.7 Å². The second-order valence-electron chi connectivity index (χ2n) is 6.51. The maximum atomic E-state index is 11.7. The van der Waals surface area contributed by atoms with Crippen molar-refractivity contribution in [3.05, 3.63) is 89.5 Å². The quantitative estimate of drug-likeness (QED) is 0.695. The van der Waals surface area contributed by atoms with Gasteiger partial charge in [0.1, 0.15) is 0 Å². The van der Waals surface area contributed by atoms with Crippen molar-refractivity contribution < 1.29 is 8.42 Å². The number of hydrogen-bond donors (Lipinski definition) is 0. The second-order valence-corrected chi connectivity index (χ2v) is 8.53. The lowest BCUT2D eigenvalue weighted by Gasteiger charge is -2.28. The van der Waals surface area contributed by atoms with Crippen LogP contribution in [0.4, 0.5) is 0 Å². The Hall–Kier alpha value is -2.39. The summed E-state index contributed by atoms with van der Waals surface area (Å²) in [5.74, 6) is 0. The highest BCUT2D eigenvalue weighted by Crippen LogP contribution is 2.52. The van der Waals surface area contributed by atoms with Gasteiger partial charge in [-0.1, -0.05) is 60.7 Å². The van der Waals surface area contributed by atoms with Crippen molar-refractivity contribution in [1.29, 1.82) is 0 Å². The fourth-order valence-corrected chi connectivity index (χ4v) is 4.43. The Bertz CT molecular complexity index is 986. The molecule has 3 aromatic carbocycles. The zero-order valence-corrected chi connectivity index (χ0v) is 14.5. The van der Waals surface area contributed by atoms with Crippen molar-refractivity contribution in [2.24, 2.45) is 0 Å². The second kappa shape index (κ2) is 5.05. The number of fused-ring (bicyclic) bond motifs is 3. The highest BCUT2D eigenvalue weighted by molar-refractivity contribution is 7.90. The Balaban J connectivity index is 1.97. The van der Waals surface area contributed by atoms with Crippen LogP contribution in [-0.4, -0.2) is 14.7 Å². The molecule has 1 aliphatic carbocycles. The van der Waals surface area contributed by atoms with Crippen molar-refractivity contribution in [2.45, 2.75) is 17.2 Å². The van der Waals surface area contributed by atoms with Gasteiger partial charge >= 0.3 is 0 Å².